The van der Waals surface area contributed by atoms with Gasteiger partial charge in [-0.2, -0.15) is 0 Å². The Kier molecular flexibility index (Phi) is 9.40. The van der Waals surface area contributed by atoms with Crippen LogP contribution in [0.1, 0.15) is 50.7 Å². The summed E-state index contributed by atoms with van der Waals surface area (Å²) >= 11 is 0. The van der Waals surface area contributed by atoms with Gasteiger partial charge in [0, 0.05) is 22.3 Å². The Morgan fingerprint density at radius 3 is 1.39 bits per heavy atom. The fourth-order valence-corrected chi connectivity index (χ4v) is 7.65. The molecule has 0 atom stereocenters. The molecule has 0 aliphatic carbocycles. The fraction of sp³-hybridized carbons (Fsp3) is 0.238. The van der Waals surface area contributed by atoms with Gasteiger partial charge in [-0.05, 0) is 93.0 Å². The van der Waals surface area contributed by atoms with Crippen LogP contribution in [0.3, 0.4) is 0 Å². The lowest BCUT2D eigenvalue weighted by Gasteiger charge is -2.39. The molecule has 0 amide bonds. The minimum Gasteiger partial charge on any atom is -0.316 e. The van der Waals surface area contributed by atoms with Crippen molar-refractivity contribution in [1.82, 2.24) is 0 Å². The van der Waals surface area contributed by atoms with Crippen LogP contribution in [-0.2, 0) is 13.1 Å². The highest BCUT2D eigenvalue weighted by atomic mass is 79.9. The van der Waals surface area contributed by atoms with Crippen LogP contribution in [-0.4, -0.2) is 17.6 Å². The lowest BCUT2D eigenvalue weighted by molar-refractivity contribution is -0.953. The van der Waals surface area contributed by atoms with Crippen molar-refractivity contribution >= 4 is 38.5 Å². The number of quaternary nitrogens is 1. The second kappa shape index (κ2) is 13.5. The molecule has 7 rings (SSSR count). The standard InChI is InChI=1S/C42H40F2N.BrH/c1-3-5-21-45(22-6-4-2)27-39-37(29-15-11-17-33(43)23-29)25-31-13-7-9-19-35(31)41(39)42-36-20-10-8-14-32(36)26-38(40(42)28-45)30-16-12-18-34(44)24-30;/h7-20,23-26H,3-6,21-22,27-28H2,1-2H3;1H/q+1;. The zero-order valence-electron chi connectivity index (χ0n) is 26.7. The smallest absolute Gasteiger partial charge is 0.123 e. The number of halogens is 3. The molecule has 1 aliphatic heterocycles. The van der Waals surface area contributed by atoms with Crippen LogP contribution in [0.15, 0.2) is 109 Å². The van der Waals surface area contributed by atoms with E-state index in [4.69, 9.17) is 0 Å². The van der Waals surface area contributed by atoms with Crippen molar-refractivity contribution in [3.63, 3.8) is 0 Å². The maximum atomic E-state index is 14.9. The molecule has 0 saturated heterocycles. The summed E-state index contributed by atoms with van der Waals surface area (Å²) in [5.41, 5.74) is 9.08. The Balaban J connectivity index is 0.00000372. The molecule has 0 saturated carbocycles. The molecule has 0 N–H and O–H groups in total. The van der Waals surface area contributed by atoms with E-state index in [1.54, 1.807) is 12.1 Å². The van der Waals surface area contributed by atoms with Gasteiger partial charge in [0.2, 0.25) is 0 Å². The predicted octanol–water partition coefficient (Wildman–Crippen LogP) is 12.3. The largest absolute Gasteiger partial charge is 0.316 e. The molecule has 6 aromatic carbocycles. The zero-order chi connectivity index (χ0) is 31.0. The summed E-state index contributed by atoms with van der Waals surface area (Å²) in [7, 11) is 0. The summed E-state index contributed by atoms with van der Waals surface area (Å²) in [6, 6.07) is 36.0. The maximum absolute atomic E-state index is 14.9. The summed E-state index contributed by atoms with van der Waals surface area (Å²) in [4.78, 5) is 0. The number of benzene rings is 6. The zero-order valence-corrected chi connectivity index (χ0v) is 28.4. The van der Waals surface area contributed by atoms with Crippen molar-refractivity contribution in [2.75, 3.05) is 13.1 Å². The lowest BCUT2D eigenvalue weighted by atomic mass is 9.82. The predicted molar refractivity (Wildman–Crippen MR) is 195 cm³/mol. The van der Waals surface area contributed by atoms with Crippen molar-refractivity contribution in [3.8, 4) is 33.4 Å². The summed E-state index contributed by atoms with van der Waals surface area (Å²) in [6.07, 6.45) is 4.49. The van der Waals surface area contributed by atoms with E-state index in [2.05, 4.69) is 74.5 Å². The van der Waals surface area contributed by atoms with Gasteiger partial charge in [0.05, 0.1) is 13.1 Å². The second-order valence-electron chi connectivity index (χ2n) is 12.8. The number of hydrogen-bond donors (Lipinski definition) is 0. The minimum absolute atomic E-state index is 0. The Morgan fingerprint density at radius 2 is 0.978 bits per heavy atom. The van der Waals surface area contributed by atoms with Crippen LogP contribution in [0.4, 0.5) is 8.78 Å². The van der Waals surface area contributed by atoms with Gasteiger partial charge in [-0.25, -0.2) is 8.78 Å². The van der Waals surface area contributed by atoms with E-state index >= 15 is 0 Å². The van der Waals surface area contributed by atoms with Crippen molar-refractivity contribution in [2.24, 2.45) is 0 Å². The van der Waals surface area contributed by atoms with Gasteiger partial charge in [-0.3, -0.25) is 0 Å². The van der Waals surface area contributed by atoms with E-state index in [0.717, 1.165) is 89.4 Å². The van der Waals surface area contributed by atoms with E-state index < -0.39 is 0 Å². The number of unbranched alkanes of at least 4 members (excludes halogenated alkanes) is 2. The highest BCUT2D eigenvalue weighted by molar-refractivity contribution is 8.93. The summed E-state index contributed by atoms with van der Waals surface area (Å²) in [5.74, 6) is -0.444. The van der Waals surface area contributed by atoms with Crippen molar-refractivity contribution in [1.29, 1.82) is 0 Å². The third kappa shape index (κ3) is 5.89. The van der Waals surface area contributed by atoms with Crippen molar-refractivity contribution < 1.29 is 13.3 Å². The molecule has 234 valence electrons. The number of hydrogen-bond acceptors (Lipinski definition) is 0. The second-order valence-corrected chi connectivity index (χ2v) is 12.8. The van der Waals surface area contributed by atoms with Gasteiger partial charge < -0.3 is 4.48 Å². The molecule has 1 nitrogen and oxygen atoms in total. The van der Waals surface area contributed by atoms with Crippen LogP contribution in [0.25, 0.3) is 54.9 Å². The van der Waals surface area contributed by atoms with Crippen LogP contribution >= 0.6 is 17.0 Å². The van der Waals surface area contributed by atoms with Crippen molar-refractivity contribution in [3.05, 3.63) is 132 Å². The molecule has 0 bridgehead atoms. The molecule has 0 aromatic heterocycles. The lowest BCUT2D eigenvalue weighted by Crippen LogP contribution is -2.47. The molecule has 6 aromatic rings. The first kappa shape index (κ1) is 32.1. The first-order valence-corrected chi connectivity index (χ1v) is 16.5. The third-order valence-corrected chi connectivity index (χ3v) is 9.79. The van der Waals surface area contributed by atoms with Gasteiger partial charge in [-0.1, -0.05) is 99.5 Å². The molecule has 0 fully saturated rings. The topological polar surface area (TPSA) is 0 Å². The van der Waals surface area contributed by atoms with Crippen LogP contribution < -0.4 is 0 Å². The molecule has 0 spiro atoms. The van der Waals surface area contributed by atoms with E-state index in [0.29, 0.717) is 0 Å². The highest BCUT2D eigenvalue weighted by Gasteiger charge is 2.37. The van der Waals surface area contributed by atoms with Gasteiger partial charge in [0.15, 0.2) is 0 Å². The van der Waals surface area contributed by atoms with Crippen molar-refractivity contribution in [2.45, 2.75) is 52.6 Å². The molecule has 1 heterocycles. The minimum atomic E-state index is -0.222. The van der Waals surface area contributed by atoms with Gasteiger partial charge in [-0.15, -0.1) is 17.0 Å². The molecular weight excluding hydrogens is 636 g/mol. The molecule has 46 heavy (non-hydrogen) atoms. The Hall–Kier alpha value is -3.86. The average Bonchev–Trinajstić information content (AvgIpc) is 3.21. The molecule has 4 heteroatoms. The number of rotatable bonds is 8. The number of fused-ring (bicyclic) bond motifs is 7. The Labute approximate surface area is 281 Å². The molecular formula is C42H41BrF2N+. The number of nitrogens with zero attached hydrogens (tertiary/aromatic N) is 1. The average molecular weight is 678 g/mol. The SMILES string of the molecule is Br.CCCC[N+]1(CCCC)Cc2c(-c3cccc(F)c3)cc3ccccc3c2-c2c(c(-c3cccc(F)c3)cc3ccccc23)C1. The quantitative estimate of drug-likeness (QED) is 0.141. The Morgan fingerprint density at radius 1 is 0.543 bits per heavy atom. The first-order valence-electron chi connectivity index (χ1n) is 16.5. The van der Waals surface area contributed by atoms with Gasteiger partial charge in [0.1, 0.15) is 24.7 Å². The first-order chi connectivity index (χ1) is 22.0. The highest BCUT2D eigenvalue weighted by Crippen LogP contribution is 2.50. The Bertz CT molecular complexity index is 1880. The van der Waals surface area contributed by atoms with E-state index in [-0.39, 0.29) is 28.6 Å². The molecule has 0 radical (unpaired) electrons. The van der Waals surface area contributed by atoms with E-state index in [9.17, 15) is 8.78 Å². The monoisotopic (exact) mass is 676 g/mol. The van der Waals surface area contributed by atoms with Crippen LogP contribution in [0.2, 0.25) is 0 Å². The summed E-state index contributed by atoms with van der Waals surface area (Å²) in [6.45, 7) is 8.37. The third-order valence-electron chi connectivity index (χ3n) is 9.79. The molecule has 1 aliphatic rings. The van der Waals surface area contributed by atoms with Crippen LogP contribution in [0.5, 0.6) is 0 Å². The fourth-order valence-electron chi connectivity index (χ4n) is 7.65. The van der Waals surface area contributed by atoms with E-state index in [1.165, 1.54) is 45.2 Å². The maximum Gasteiger partial charge on any atom is 0.123 e. The van der Waals surface area contributed by atoms with Crippen LogP contribution in [0, 0.1) is 11.6 Å². The summed E-state index contributed by atoms with van der Waals surface area (Å²) < 4.78 is 30.6. The normalized spacial score (nSPS) is 13.6. The van der Waals surface area contributed by atoms with Gasteiger partial charge >= 0.3 is 0 Å². The van der Waals surface area contributed by atoms with Gasteiger partial charge in [0.25, 0.3) is 0 Å². The van der Waals surface area contributed by atoms with E-state index in [1.807, 2.05) is 24.3 Å². The molecule has 0 unspecified atom stereocenters. The summed E-state index contributed by atoms with van der Waals surface area (Å²) in [5, 5.41) is 4.70.